The molecule has 6 fully saturated rings. The molecule has 4 aliphatic carbocycles. The fourth-order valence-corrected chi connectivity index (χ4v) is 9.21. The third-order valence-electron chi connectivity index (χ3n) is 10.1. The van der Waals surface area contributed by atoms with Crippen LogP contribution in [0, 0.1) is 34.5 Å². The molecular weight excluding hydrogens is 368 g/mol. The van der Waals surface area contributed by atoms with E-state index in [2.05, 4.69) is 6.92 Å². The van der Waals surface area contributed by atoms with Gasteiger partial charge in [0.05, 0.1) is 6.10 Å². The molecule has 1 unspecified atom stereocenters. The zero-order valence-electron chi connectivity index (χ0n) is 17.7. The maximum Gasteiger partial charge on any atom is 0.201 e. The summed E-state index contributed by atoms with van der Waals surface area (Å²) in [7, 11) is 0. The van der Waals surface area contributed by atoms with Crippen LogP contribution < -0.4 is 0 Å². The molecule has 7 aliphatic rings. The van der Waals surface area contributed by atoms with Crippen LogP contribution in [0.15, 0.2) is 11.6 Å². The van der Waals surface area contributed by atoms with Gasteiger partial charge in [0, 0.05) is 17.8 Å². The normalized spacial score (nSPS) is 58.9. The predicted molar refractivity (Wildman–Crippen MR) is 104 cm³/mol. The van der Waals surface area contributed by atoms with Crippen LogP contribution >= 0.6 is 0 Å². The second-order valence-corrected chi connectivity index (χ2v) is 11.6. The van der Waals surface area contributed by atoms with E-state index < -0.39 is 11.6 Å². The molecule has 3 saturated heterocycles. The third kappa shape index (κ3) is 1.96. The van der Waals surface area contributed by atoms with Gasteiger partial charge in [-0.25, -0.2) is 0 Å². The van der Waals surface area contributed by atoms with Crippen LogP contribution in [0.5, 0.6) is 0 Å². The highest BCUT2D eigenvalue weighted by molar-refractivity contribution is 5.91. The van der Waals surface area contributed by atoms with Gasteiger partial charge in [-0.05, 0) is 81.6 Å². The quantitative estimate of drug-likeness (QED) is 0.616. The molecular formula is C24H32O5. The first kappa shape index (κ1) is 17.9. The third-order valence-corrected chi connectivity index (χ3v) is 10.1. The number of carbonyl (C=O) groups is 1. The molecule has 0 N–H and O–H groups in total. The van der Waals surface area contributed by atoms with Crippen LogP contribution in [0.1, 0.15) is 65.7 Å². The summed E-state index contributed by atoms with van der Waals surface area (Å²) in [5.41, 5.74) is 1.61. The Morgan fingerprint density at radius 2 is 1.97 bits per heavy atom. The van der Waals surface area contributed by atoms with Gasteiger partial charge in [-0.1, -0.05) is 12.5 Å². The Balaban J connectivity index is 1.29. The molecule has 29 heavy (non-hydrogen) atoms. The van der Waals surface area contributed by atoms with E-state index in [0.29, 0.717) is 42.5 Å². The van der Waals surface area contributed by atoms with E-state index in [-0.39, 0.29) is 23.2 Å². The van der Waals surface area contributed by atoms with Crippen molar-refractivity contribution in [1.82, 2.24) is 0 Å². The monoisotopic (exact) mass is 400 g/mol. The highest BCUT2D eigenvalue weighted by Gasteiger charge is 2.79. The standard InChI is InChI=1S/C24H32O5/c1-21(2)26-12-24(29-21)18-7-6-16-15-5-4-13-10-14(25)8-9-22(13,3)19(15)17-11-23(16,18)20(27-17)28-24/h10,15-20H,4-9,11-12H2,1-3H3/t15-,16-,17?,18-,19+,20+,22-,23+,24+/m0/s1. The molecule has 9 atom stereocenters. The summed E-state index contributed by atoms with van der Waals surface area (Å²) in [6, 6.07) is 0. The summed E-state index contributed by atoms with van der Waals surface area (Å²) in [4.78, 5) is 12.1. The summed E-state index contributed by atoms with van der Waals surface area (Å²) < 4.78 is 25.9. The molecule has 5 heteroatoms. The van der Waals surface area contributed by atoms with Gasteiger partial charge < -0.3 is 18.9 Å². The molecule has 158 valence electrons. The molecule has 7 rings (SSSR count). The molecule has 0 amide bonds. The number of hydrogen-bond acceptors (Lipinski definition) is 5. The molecule has 0 aromatic rings. The lowest BCUT2D eigenvalue weighted by atomic mass is 9.46. The fraction of sp³-hybridized carbons (Fsp3) is 0.875. The molecule has 3 saturated carbocycles. The van der Waals surface area contributed by atoms with Gasteiger partial charge in [-0.15, -0.1) is 0 Å². The Kier molecular flexibility index (Phi) is 3.19. The zero-order chi connectivity index (χ0) is 19.8. The largest absolute Gasteiger partial charge is 0.348 e. The second kappa shape index (κ2) is 5.17. The van der Waals surface area contributed by atoms with Gasteiger partial charge in [-0.2, -0.15) is 0 Å². The second-order valence-electron chi connectivity index (χ2n) is 11.6. The first-order valence-corrected chi connectivity index (χ1v) is 11.7. The van der Waals surface area contributed by atoms with E-state index in [9.17, 15) is 4.79 Å². The van der Waals surface area contributed by atoms with Crippen LogP contribution in [-0.4, -0.2) is 36.4 Å². The highest BCUT2D eigenvalue weighted by Crippen LogP contribution is 2.76. The van der Waals surface area contributed by atoms with Crippen LogP contribution in [0.25, 0.3) is 0 Å². The van der Waals surface area contributed by atoms with E-state index >= 15 is 0 Å². The minimum absolute atomic E-state index is 0.0949. The number of rotatable bonds is 0. The fourth-order valence-electron chi connectivity index (χ4n) is 9.21. The summed E-state index contributed by atoms with van der Waals surface area (Å²) >= 11 is 0. The van der Waals surface area contributed by atoms with Crippen molar-refractivity contribution in [3.63, 3.8) is 0 Å². The Hall–Kier alpha value is -0.750. The van der Waals surface area contributed by atoms with Crippen molar-refractivity contribution >= 4 is 5.78 Å². The Bertz CT molecular complexity index is 833. The van der Waals surface area contributed by atoms with Gasteiger partial charge in [0.25, 0.3) is 0 Å². The van der Waals surface area contributed by atoms with Crippen LogP contribution in [0.3, 0.4) is 0 Å². The maximum atomic E-state index is 12.1. The average molecular weight is 401 g/mol. The highest BCUT2D eigenvalue weighted by atomic mass is 16.9. The minimum Gasteiger partial charge on any atom is -0.348 e. The smallest absolute Gasteiger partial charge is 0.201 e. The first-order valence-electron chi connectivity index (χ1n) is 11.7. The van der Waals surface area contributed by atoms with Gasteiger partial charge in [0.15, 0.2) is 17.9 Å². The molecule has 3 heterocycles. The van der Waals surface area contributed by atoms with Crippen molar-refractivity contribution in [3.8, 4) is 0 Å². The van der Waals surface area contributed by atoms with Crippen LogP contribution in [-0.2, 0) is 23.7 Å². The summed E-state index contributed by atoms with van der Waals surface area (Å²) in [6.45, 7) is 6.92. The predicted octanol–water partition coefficient (Wildman–Crippen LogP) is 3.96. The molecule has 0 aromatic heterocycles. The number of ketones is 1. The van der Waals surface area contributed by atoms with Crippen LogP contribution in [0.2, 0.25) is 0 Å². The lowest BCUT2D eigenvalue weighted by molar-refractivity contribution is -0.293. The molecule has 3 aliphatic heterocycles. The van der Waals surface area contributed by atoms with E-state index in [1.807, 2.05) is 19.9 Å². The van der Waals surface area contributed by atoms with Gasteiger partial charge in [0.2, 0.25) is 5.79 Å². The van der Waals surface area contributed by atoms with E-state index in [0.717, 1.165) is 25.7 Å². The molecule has 5 nitrogen and oxygen atoms in total. The Morgan fingerprint density at radius 1 is 1.10 bits per heavy atom. The molecule has 2 spiro atoms. The topological polar surface area (TPSA) is 54.0 Å². The van der Waals surface area contributed by atoms with Gasteiger partial charge >= 0.3 is 0 Å². The van der Waals surface area contributed by atoms with Crippen molar-refractivity contribution in [2.45, 2.75) is 89.7 Å². The lowest BCUT2D eigenvalue weighted by Gasteiger charge is -2.57. The zero-order valence-corrected chi connectivity index (χ0v) is 17.7. The first-order chi connectivity index (χ1) is 13.8. The van der Waals surface area contributed by atoms with Crippen molar-refractivity contribution < 1.29 is 23.7 Å². The molecule has 0 aromatic carbocycles. The van der Waals surface area contributed by atoms with Crippen molar-refractivity contribution in [3.05, 3.63) is 11.6 Å². The van der Waals surface area contributed by atoms with Gasteiger partial charge in [0.1, 0.15) is 6.61 Å². The van der Waals surface area contributed by atoms with Crippen molar-refractivity contribution in [2.24, 2.45) is 34.5 Å². The Morgan fingerprint density at radius 3 is 2.76 bits per heavy atom. The number of ether oxygens (including phenoxy) is 4. The Labute approximate surface area is 172 Å². The van der Waals surface area contributed by atoms with Crippen molar-refractivity contribution in [1.29, 1.82) is 0 Å². The van der Waals surface area contributed by atoms with Crippen molar-refractivity contribution in [2.75, 3.05) is 6.61 Å². The number of hydrogen-bond donors (Lipinski definition) is 0. The lowest BCUT2D eigenvalue weighted by Crippen LogP contribution is -2.55. The van der Waals surface area contributed by atoms with Gasteiger partial charge in [-0.3, -0.25) is 4.79 Å². The maximum absolute atomic E-state index is 12.1. The summed E-state index contributed by atoms with van der Waals surface area (Å²) in [5.74, 6) is 1.32. The van der Waals surface area contributed by atoms with E-state index in [1.54, 1.807) is 0 Å². The number of allylic oxidation sites excluding steroid dienone is 1. The minimum atomic E-state index is -0.623. The van der Waals surface area contributed by atoms with E-state index in [1.165, 1.54) is 18.4 Å². The SMILES string of the molecule is CC1(C)OC[C@@]2(O[C@H]3OC4C[C@@]35[C@@H]2CC[C@H]5[C@@H]2CCC3=CC(=O)CC[C@]3(C)[C@@H]42)O1. The molecule has 0 radical (unpaired) electrons. The van der Waals surface area contributed by atoms with Crippen LogP contribution in [0.4, 0.5) is 0 Å². The number of fused-ring (bicyclic) bond motifs is 7. The molecule has 2 bridgehead atoms. The number of carbonyl (C=O) groups excluding carboxylic acids is 1. The average Bonchev–Trinajstić information content (AvgIpc) is 3.33. The summed E-state index contributed by atoms with van der Waals surface area (Å²) in [6.07, 6.45) is 9.52. The summed E-state index contributed by atoms with van der Waals surface area (Å²) in [5, 5.41) is 0. The van der Waals surface area contributed by atoms with E-state index in [4.69, 9.17) is 18.9 Å².